The van der Waals surface area contributed by atoms with Crippen molar-refractivity contribution in [3.8, 4) is 6.01 Å². The first-order chi connectivity index (χ1) is 15.2. The number of unbranched alkanes of at least 4 members (excludes halogenated alkanes) is 1. The summed E-state index contributed by atoms with van der Waals surface area (Å²) in [5.74, 6) is -1.02. The van der Waals surface area contributed by atoms with Crippen molar-refractivity contribution in [3.63, 3.8) is 0 Å². The topological polar surface area (TPSA) is 182 Å². The van der Waals surface area contributed by atoms with E-state index in [2.05, 4.69) is 19.7 Å². The minimum absolute atomic E-state index is 0.0300. The Bertz CT molecular complexity index is 1280. The van der Waals surface area contributed by atoms with Crippen LogP contribution in [0.2, 0.25) is 0 Å². The highest BCUT2D eigenvalue weighted by Crippen LogP contribution is 2.18. The number of aliphatic carboxylic acids is 1. The third-order valence-electron chi connectivity index (χ3n) is 4.55. The molecule has 0 saturated carbocycles. The lowest BCUT2D eigenvalue weighted by molar-refractivity contribution is -0.136. The van der Waals surface area contributed by atoms with E-state index in [-0.39, 0.29) is 47.4 Å². The molecule has 172 valence electrons. The molecule has 0 unspecified atom stereocenters. The number of ether oxygens (including phenoxy) is 1. The van der Waals surface area contributed by atoms with Crippen LogP contribution in [-0.4, -0.2) is 52.2 Å². The highest BCUT2D eigenvalue weighted by Gasteiger charge is 2.17. The summed E-state index contributed by atoms with van der Waals surface area (Å²) in [5.41, 5.74) is 6.18. The van der Waals surface area contributed by atoms with Gasteiger partial charge in [0.25, 0.3) is 0 Å². The number of sulfonamides is 1. The molecule has 0 fully saturated rings. The molecule has 2 aromatic heterocycles. The SMILES string of the molecule is CCCCOc1nc(N)c2[nH]c(=O)n(CCNS(=O)(=O)c3cccc(CC(=O)O)c3)c2n1. The number of benzene rings is 1. The maximum atomic E-state index is 12.6. The predicted octanol–water partition coefficient (Wildman–Crippen LogP) is 0.486. The molecule has 13 heteroatoms. The Morgan fingerprint density at radius 3 is 2.84 bits per heavy atom. The quantitative estimate of drug-likeness (QED) is 0.293. The summed E-state index contributed by atoms with van der Waals surface area (Å²) in [6.45, 7) is 2.26. The fourth-order valence-corrected chi connectivity index (χ4v) is 4.07. The van der Waals surface area contributed by atoms with Crippen molar-refractivity contribution in [3.05, 3.63) is 40.3 Å². The third kappa shape index (κ3) is 5.42. The van der Waals surface area contributed by atoms with Crippen LogP contribution in [0.5, 0.6) is 6.01 Å². The van der Waals surface area contributed by atoms with Crippen molar-refractivity contribution in [1.29, 1.82) is 0 Å². The largest absolute Gasteiger partial charge is 0.481 e. The fraction of sp³-hybridized carbons (Fsp3) is 0.368. The number of carboxylic acids is 1. The van der Waals surface area contributed by atoms with Gasteiger partial charge in [-0.1, -0.05) is 25.5 Å². The summed E-state index contributed by atoms with van der Waals surface area (Å²) in [5, 5.41) is 8.89. The Kier molecular flexibility index (Phi) is 7.10. The van der Waals surface area contributed by atoms with Crippen molar-refractivity contribution in [2.45, 2.75) is 37.6 Å². The molecule has 3 aromatic rings. The number of nitrogens with two attached hydrogens (primary N) is 1. The molecule has 0 aliphatic carbocycles. The number of hydrogen-bond acceptors (Lipinski definition) is 8. The molecule has 0 bridgehead atoms. The number of hydrogen-bond donors (Lipinski definition) is 4. The molecule has 0 saturated heterocycles. The molecule has 3 rings (SSSR count). The third-order valence-corrected chi connectivity index (χ3v) is 6.01. The van der Waals surface area contributed by atoms with E-state index in [4.69, 9.17) is 15.6 Å². The number of aromatic amines is 1. The zero-order valence-electron chi connectivity index (χ0n) is 17.4. The van der Waals surface area contributed by atoms with Gasteiger partial charge in [0.2, 0.25) is 10.0 Å². The summed E-state index contributed by atoms with van der Waals surface area (Å²) in [6.07, 6.45) is 1.43. The first kappa shape index (κ1) is 23.2. The minimum atomic E-state index is -3.92. The summed E-state index contributed by atoms with van der Waals surface area (Å²) in [7, 11) is -3.92. The van der Waals surface area contributed by atoms with Gasteiger partial charge >= 0.3 is 17.7 Å². The van der Waals surface area contributed by atoms with Gasteiger partial charge < -0.3 is 20.6 Å². The van der Waals surface area contributed by atoms with E-state index in [0.717, 1.165) is 12.8 Å². The van der Waals surface area contributed by atoms with Gasteiger partial charge in [0.1, 0.15) is 5.52 Å². The second kappa shape index (κ2) is 9.78. The molecule has 0 aliphatic heterocycles. The molecule has 0 amide bonds. The number of imidazole rings is 1. The molecular formula is C19H24N6O6S. The van der Waals surface area contributed by atoms with Crippen LogP contribution in [-0.2, 0) is 27.8 Å². The van der Waals surface area contributed by atoms with E-state index >= 15 is 0 Å². The Hall–Kier alpha value is -3.45. The van der Waals surface area contributed by atoms with Crippen molar-refractivity contribution < 1.29 is 23.1 Å². The van der Waals surface area contributed by atoms with Crippen molar-refractivity contribution >= 4 is 33.0 Å². The molecule has 0 atom stereocenters. The summed E-state index contributed by atoms with van der Waals surface area (Å²) in [6, 6.07) is 5.69. The molecule has 12 nitrogen and oxygen atoms in total. The van der Waals surface area contributed by atoms with Gasteiger partial charge in [-0.25, -0.2) is 17.9 Å². The number of nitrogens with zero attached hydrogens (tertiary/aromatic N) is 3. The maximum absolute atomic E-state index is 12.6. The fourth-order valence-electron chi connectivity index (χ4n) is 2.98. The average Bonchev–Trinajstić information content (AvgIpc) is 3.04. The molecule has 32 heavy (non-hydrogen) atoms. The lowest BCUT2D eigenvalue weighted by Crippen LogP contribution is -2.30. The Morgan fingerprint density at radius 2 is 2.12 bits per heavy atom. The number of carbonyl (C=O) groups is 1. The minimum Gasteiger partial charge on any atom is -0.481 e. The number of nitrogens with one attached hydrogen (secondary N) is 2. The van der Waals surface area contributed by atoms with Gasteiger partial charge in [0, 0.05) is 13.1 Å². The number of nitrogen functional groups attached to an aromatic ring is 1. The van der Waals surface area contributed by atoms with Crippen LogP contribution in [0.15, 0.2) is 34.0 Å². The monoisotopic (exact) mass is 464 g/mol. The van der Waals surface area contributed by atoms with Crippen LogP contribution >= 0.6 is 0 Å². The lowest BCUT2D eigenvalue weighted by Gasteiger charge is -2.09. The van der Waals surface area contributed by atoms with E-state index in [1.165, 1.54) is 28.8 Å². The van der Waals surface area contributed by atoms with Gasteiger partial charge in [0.15, 0.2) is 11.5 Å². The number of carboxylic acid groups (broad SMARTS) is 1. The molecule has 2 heterocycles. The van der Waals surface area contributed by atoms with E-state index in [9.17, 15) is 18.0 Å². The summed E-state index contributed by atoms with van der Waals surface area (Å²) < 4.78 is 34.3. The number of anilines is 1. The van der Waals surface area contributed by atoms with Gasteiger partial charge in [-0.15, -0.1) is 0 Å². The van der Waals surface area contributed by atoms with E-state index in [1.54, 1.807) is 0 Å². The number of H-pyrrole nitrogens is 1. The van der Waals surface area contributed by atoms with Crippen molar-refractivity contribution in [1.82, 2.24) is 24.2 Å². The zero-order valence-corrected chi connectivity index (χ0v) is 18.2. The maximum Gasteiger partial charge on any atom is 0.327 e. The molecular weight excluding hydrogens is 440 g/mol. The zero-order chi connectivity index (χ0) is 23.3. The van der Waals surface area contributed by atoms with E-state index < -0.39 is 21.7 Å². The normalized spacial score (nSPS) is 11.7. The summed E-state index contributed by atoms with van der Waals surface area (Å²) >= 11 is 0. The molecule has 0 spiro atoms. The van der Waals surface area contributed by atoms with E-state index in [0.29, 0.717) is 12.2 Å². The second-order valence-corrected chi connectivity index (χ2v) is 8.76. The van der Waals surface area contributed by atoms with Gasteiger partial charge in [-0.2, -0.15) is 9.97 Å². The standard InChI is InChI=1S/C19H24N6O6S/c1-2-3-9-31-18-23-16(20)15-17(24-18)25(19(28)22-15)8-7-21-32(29,30)13-6-4-5-12(10-13)11-14(26)27/h4-6,10,21H,2-3,7-9,11H2,1H3,(H,22,28)(H,26,27)(H2,20,23,24). The van der Waals surface area contributed by atoms with Crippen LogP contribution in [0.4, 0.5) is 5.82 Å². The first-order valence-corrected chi connectivity index (χ1v) is 11.4. The molecule has 0 radical (unpaired) electrons. The first-order valence-electron chi connectivity index (χ1n) is 9.90. The van der Waals surface area contributed by atoms with Crippen molar-refractivity contribution in [2.75, 3.05) is 18.9 Å². The number of rotatable bonds is 11. The Morgan fingerprint density at radius 1 is 1.34 bits per heavy atom. The predicted molar refractivity (Wildman–Crippen MR) is 116 cm³/mol. The lowest BCUT2D eigenvalue weighted by atomic mass is 10.2. The van der Waals surface area contributed by atoms with Crippen LogP contribution in [0.3, 0.4) is 0 Å². The second-order valence-electron chi connectivity index (χ2n) is 6.99. The van der Waals surface area contributed by atoms with Crippen LogP contribution < -0.4 is 20.9 Å². The van der Waals surface area contributed by atoms with E-state index in [1.807, 2.05) is 6.92 Å². The molecule has 1 aromatic carbocycles. The van der Waals surface area contributed by atoms with Crippen LogP contribution in [0.25, 0.3) is 11.2 Å². The van der Waals surface area contributed by atoms with Crippen LogP contribution in [0.1, 0.15) is 25.3 Å². The van der Waals surface area contributed by atoms with Gasteiger partial charge in [0.05, 0.1) is 17.9 Å². The number of fused-ring (bicyclic) bond motifs is 1. The average molecular weight is 465 g/mol. The van der Waals surface area contributed by atoms with Gasteiger partial charge in [-0.05, 0) is 24.1 Å². The smallest absolute Gasteiger partial charge is 0.327 e. The highest BCUT2D eigenvalue weighted by atomic mass is 32.2. The summed E-state index contributed by atoms with van der Waals surface area (Å²) in [4.78, 5) is 34.0. The molecule has 5 N–H and O–H groups in total. The Labute approximate surface area is 183 Å². The Balaban J connectivity index is 1.76. The van der Waals surface area contributed by atoms with Crippen LogP contribution in [0, 0.1) is 0 Å². The highest BCUT2D eigenvalue weighted by molar-refractivity contribution is 7.89. The van der Waals surface area contributed by atoms with Gasteiger partial charge in [-0.3, -0.25) is 9.36 Å². The van der Waals surface area contributed by atoms with Crippen molar-refractivity contribution in [2.24, 2.45) is 0 Å². The molecule has 0 aliphatic rings. The number of aromatic nitrogens is 4.